The van der Waals surface area contributed by atoms with Gasteiger partial charge in [-0.05, 0) is 68.6 Å². The third-order valence-corrected chi connectivity index (χ3v) is 6.39. The topological polar surface area (TPSA) is 108 Å². The van der Waals surface area contributed by atoms with Crippen LogP contribution >= 0.6 is 0 Å². The fraction of sp³-hybridized carbons (Fsp3) is 0.850. The van der Waals surface area contributed by atoms with Gasteiger partial charge in [-0.2, -0.15) is 0 Å². The molecular formula is C20H33N3O4. The summed E-state index contributed by atoms with van der Waals surface area (Å²) in [6.07, 6.45) is 7.70. The van der Waals surface area contributed by atoms with Crippen LogP contribution < -0.4 is 16.0 Å². The van der Waals surface area contributed by atoms with E-state index in [1.54, 1.807) is 0 Å². The van der Waals surface area contributed by atoms with Crippen molar-refractivity contribution in [2.24, 2.45) is 23.7 Å². The van der Waals surface area contributed by atoms with Gasteiger partial charge < -0.3 is 21.1 Å². The van der Waals surface area contributed by atoms with Gasteiger partial charge in [-0.3, -0.25) is 4.79 Å². The molecule has 152 valence electrons. The third kappa shape index (κ3) is 5.14. The Balaban J connectivity index is 1.39. The Morgan fingerprint density at radius 1 is 1.04 bits per heavy atom. The first kappa shape index (κ1) is 20.0. The van der Waals surface area contributed by atoms with Crippen molar-refractivity contribution < 1.29 is 19.5 Å². The standard InChI is InChI=1S/C20H33N3O4/c1-12(2)5-16(18(25)26)22-17(24)3-4-21-19(27)23-20-9-13-6-14(10-20)8-15(7-13)11-20/h12-16H,3-11H2,1-2H3,(H,22,24)(H,25,26)(H2,21,23,27). The first-order valence-corrected chi connectivity index (χ1v) is 10.3. The second-order valence-corrected chi connectivity index (χ2v) is 9.42. The molecular weight excluding hydrogens is 346 g/mol. The summed E-state index contributed by atoms with van der Waals surface area (Å²) >= 11 is 0. The van der Waals surface area contributed by atoms with Crippen LogP contribution in [0.4, 0.5) is 4.79 Å². The Bertz CT molecular complexity index is 554. The number of urea groups is 1. The third-order valence-electron chi connectivity index (χ3n) is 6.39. The quantitative estimate of drug-likeness (QED) is 0.519. The summed E-state index contributed by atoms with van der Waals surface area (Å²) in [6.45, 7) is 4.04. The van der Waals surface area contributed by atoms with Crippen LogP contribution in [0.1, 0.15) is 65.2 Å². The largest absolute Gasteiger partial charge is 0.480 e. The van der Waals surface area contributed by atoms with Crippen LogP contribution in [0.5, 0.6) is 0 Å². The van der Waals surface area contributed by atoms with Gasteiger partial charge in [-0.15, -0.1) is 0 Å². The van der Waals surface area contributed by atoms with E-state index in [0.29, 0.717) is 6.42 Å². The monoisotopic (exact) mass is 379 g/mol. The zero-order valence-corrected chi connectivity index (χ0v) is 16.4. The molecule has 7 heteroatoms. The molecule has 0 heterocycles. The maximum absolute atomic E-state index is 12.3. The normalized spacial score (nSPS) is 32.2. The number of carbonyl (C=O) groups excluding carboxylic acids is 2. The number of hydrogen-bond acceptors (Lipinski definition) is 3. The van der Waals surface area contributed by atoms with Gasteiger partial charge in [0.25, 0.3) is 0 Å². The highest BCUT2D eigenvalue weighted by atomic mass is 16.4. The van der Waals surface area contributed by atoms with E-state index in [0.717, 1.165) is 37.0 Å². The molecule has 7 nitrogen and oxygen atoms in total. The molecule has 3 amide bonds. The highest BCUT2D eigenvalue weighted by molar-refractivity contribution is 5.84. The smallest absolute Gasteiger partial charge is 0.326 e. The summed E-state index contributed by atoms with van der Waals surface area (Å²) in [5.41, 5.74) is -0.0488. The Hall–Kier alpha value is -1.79. The average molecular weight is 380 g/mol. The average Bonchev–Trinajstić information content (AvgIpc) is 2.51. The zero-order valence-electron chi connectivity index (χ0n) is 16.4. The molecule has 0 aliphatic heterocycles. The Labute approximate surface area is 161 Å². The minimum atomic E-state index is -1.02. The summed E-state index contributed by atoms with van der Waals surface area (Å²) in [5, 5.41) is 17.7. The second kappa shape index (κ2) is 8.07. The van der Waals surface area contributed by atoms with Gasteiger partial charge in [-0.1, -0.05) is 13.8 Å². The molecule has 4 saturated carbocycles. The number of carbonyl (C=O) groups is 3. The maximum atomic E-state index is 12.3. The predicted molar refractivity (Wildman–Crippen MR) is 101 cm³/mol. The number of hydrogen-bond donors (Lipinski definition) is 4. The zero-order chi connectivity index (χ0) is 19.6. The fourth-order valence-electron chi connectivity index (χ4n) is 5.80. The highest BCUT2D eigenvalue weighted by Crippen LogP contribution is 2.55. The molecule has 4 aliphatic carbocycles. The van der Waals surface area contributed by atoms with Crippen LogP contribution in [-0.2, 0) is 9.59 Å². The van der Waals surface area contributed by atoms with Crippen molar-refractivity contribution in [1.82, 2.24) is 16.0 Å². The van der Waals surface area contributed by atoms with E-state index < -0.39 is 12.0 Å². The van der Waals surface area contributed by atoms with Crippen molar-refractivity contribution in [2.75, 3.05) is 6.54 Å². The first-order chi connectivity index (χ1) is 12.7. The molecule has 4 N–H and O–H groups in total. The van der Waals surface area contributed by atoms with E-state index in [4.69, 9.17) is 0 Å². The van der Waals surface area contributed by atoms with Gasteiger partial charge in [0.2, 0.25) is 5.91 Å². The second-order valence-electron chi connectivity index (χ2n) is 9.42. The van der Waals surface area contributed by atoms with Crippen molar-refractivity contribution in [3.05, 3.63) is 0 Å². The Morgan fingerprint density at radius 3 is 2.07 bits per heavy atom. The Morgan fingerprint density at radius 2 is 1.59 bits per heavy atom. The number of aliphatic carboxylic acids is 1. The molecule has 4 rings (SSSR count). The summed E-state index contributed by atoms with van der Waals surface area (Å²) in [4.78, 5) is 35.5. The van der Waals surface area contributed by atoms with Gasteiger partial charge in [-0.25, -0.2) is 9.59 Å². The summed E-state index contributed by atoms with van der Waals surface area (Å²) in [7, 11) is 0. The molecule has 4 bridgehead atoms. The molecule has 0 saturated heterocycles. The molecule has 0 aromatic carbocycles. The van der Waals surface area contributed by atoms with E-state index in [1.165, 1.54) is 19.3 Å². The lowest BCUT2D eigenvalue weighted by atomic mass is 9.53. The minimum absolute atomic E-state index is 0.0488. The lowest BCUT2D eigenvalue weighted by molar-refractivity contribution is -0.142. The summed E-state index contributed by atoms with van der Waals surface area (Å²) < 4.78 is 0. The van der Waals surface area contributed by atoms with Crippen molar-refractivity contribution in [3.8, 4) is 0 Å². The maximum Gasteiger partial charge on any atom is 0.326 e. The van der Waals surface area contributed by atoms with E-state index in [9.17, 15) is 19.5 Å². The predicted octanol–water partition coefficient (Wildman–Crippen LogP) is 2.26. The molecule has 4 aliphatic rings. The molecule has 4 fully saturated rings. The lowest BCUT2D eigenvalue weighted by Crippen LogP contribution is -2.61. The van der Waals surface area contributed by atoms with Gasteiger partial charge >= 0.3 is 12.0 Å². The van der Waals surface area contributed by atoms with Crippen molar-refractivity contribution in [3.63, 3.8) is 0 Å². The van der Waals surface area contributed by atoms with E-state index in [-0.39, 0.29) is 36.4 Å². The first-order valence-electron chi connectivity index (χ1n) is 10.3. The lowest BCUT2D eigenvalue weighted by Gasteiger charge is -2.56. The number of amides is 3. The van der Waals surface area contributed by atoms with Gasteiger partial charge in [0, 0.05) is 18.5 Å². The van der Waals surface area contributed by atoms with Crippen LogP contribution in [0, 0.1) is 23.7 Å². The van der Waals surface area contributed by atoms with E-state index in [2.05, 4.69) is 16.0 Å². The van der Waals surface area contributed by atoms with Crippen LogP contribution in [0.15, 0.2) is 0 Å². The number of carboxylic acids is 1. The molecule has 0 aromatic heterocycles. The van der Waals surface area contributed by atoms with E-state index >= 15 is 0 Å². The number of nitrogens with one attached hydrogen (secondary N) is 3. The van der Waals surface area contributed by atoms with Gasteiger partial charge in [0.05, 0.1) is 0 Å². The van der Waals surface area contributed by atoms with Crippen LogP contribution in [0.25, 0.3) is 0 Å². The summed E-state index contributed by atoms with van der Waals surface area (Å²) in [6, 6.07) is -1.08. The molecule has 0 spiro atoms. The molecule has 0 radical (unpaired) electrons. The minimum Gasteiger partial charge on any atom is -0.480 e. The number of carboxylic acid groups (broad SMARTS) is 1. The van der Waals surface area contributed by atoms with Crippen LogP contribution in [0.2, 0.25) is 0 Å². The highest BCUT2D eigenvalue weighted by Gasteiger charge is 2.51. The Kier molecular flexibility index (Phi) is 5.96. The van der Waals surface area contributed by atoms with Crippen molar-refractivity contribution in [1.29, 1.82) is 0 Å². The van der Waals surface area contributed by atoms with Crippen LogP contribution in [-0.4, -0.2) is 41.1 Å². The fourth-order valence-corrected chi connectivity index (χ4v) is 5.80. The molecule has 0 aromatic rings. The van der Waals surface area contributed by atoms with Gasteiger partial charge in [0.15, 0.2) is 0 Å². The van der Waals surface area contributed by atoms with Crippen molar-refractivity contribution >= 4 is 17.9 Å². The molecule has 1 unspecified atom stereocenters. The SMILES string of the molecule is CC(C)CC(NC(=O)CCNC(=O)NC12CC3CC(CC(C3)C1)C2)C(=O)O. The van der Waals surface area contributed by atoms with Crippen LogP contribution in [0.3, 0.4) is 0 Å². The van der Waals surface area contributed by atoms with E-state index in [1.807, 2.05) is 13.8 Å². The molecule has 1 atom stereocenters. The summed E-state index contributed by atoms with van der Waals surface area (Å²) in [5.74, 6) is 1.09. The number of rotatable bonds is 8. The van der Waals surface area contributed by atoms with Crippen molar-refractivity contribution in [2.45, 2.75) is 76.8 Å². The molecule has 27 heavy (non-hydrogen) atoms. The van der Waals surface area contributed by atoms with Gasteiger partial charge in [0.1, 0.15) is 6.04 Å².